The van der Waals surface area contributed by atoms with Crippen LogP contribution >= 0.6 is 0 Å². The third kappa shape index (κ3) is 2.32. The molecule has 2 aromatic rings. The first-order chi connectivity index (χ1) is 10.7. The van der Waals surface area contributed by atoms with Gasteiger partial charge in [-0.15, -0.1) is 0 Å². The minimum atomic E-state index is 0.131. The number of piperidine rings is 1. The van der Waals surface area contributed by atoms with Crippen molar-refractivity contribution in [3.8, 4) is 0 Å². The van der Waals surface area contributed by atoms with E-state index in [1.54, 1.807) is 12.4 Å². The minimum Gasteiger partial charge on any atom is -0.336 e. The number of amides is 1. The van der Waals surface area contributed by atoms with E-state index in [9.17, 15) is 4.79 Å². The van der Waals surface area contributed by atoms with Gasteiger partial charge in [0.05, 0.1) is 23.5 Å². The minimum absolute atomic E-state index is 0.131. The van der Waals surface area contributed by atoms with Gasteiger partial charge in [0.25, 0.3) is 5.91 Å². The van der Waals surface area contributed by atoms with Crippen molar-refractivity contribution in [1.82, 2.24) is 24.5 Å². The number of likely N-dealkylation sites (tertiary alicyclic amines) is 1. The molecule has 4 rings (SSSR count). The molecule has 6 nitrogen and oxygen atoms in total. The maximum absolute atomic E-state index is 12.9. The van der Waals surface area contributed by atoms with E-state index in [4.69, 9.17) is 0 Å². The molecule has 0 N–H and O–H groups in total. The third-order valence-corrected chi connectivity index (χ3v) is 4.76. The Morgan fingerprint density at radius 1 is 1.27 bits per heavy atom. The maximum atomic E-state index is 12.9. The normalized spacial score (nSPS) is 22.0. The van der Waals surface area contributed by atoms with Crippen LogP contribution in [0.2, 0.25) is 0 Å². The van der Waals surface area contributed by atoms with Crippen LogP contribution in [0.15, 0.2) is 24.7 Å². The fourth-order valence-electron chi connectivity index (χ4n) is 3.47. The third-order valence-electron chi connectivity index (χ3n) is 4.76. The van der Waals surface area contributed by atoms with Gasteiger partial charge in [-0.3, -0.25) is 14.2 Å². The summed E-state index contributed by atoms with van der Waals surface area (Å²) in [5.41, 5.74) is 1.91. The summed E-state index contributed by atoms with van der Waals surface area (Å²) < 4.78 is 3.85. The quantitative estimate of drug-likeness (QED) is 0.870. The highest BCUT2D eigenvalue weighted by molar-refractivity contribution is 5.95. The van der Waals surface area contributed by atoms with Crippen molar-refractivity contribution in [2.75, 3.05) is 13.1 Å². The van der Waals surface area contributed by atoms with Crippen molar-refractivity contribution in [1.29, 1.82) is 0 Å². The fourth-order valence-corrected chi connectivity index (χ4v) is 3.47. The number of aryl methyl sites for hydroxylation is 1. The predicted octanol–water partition coefficient (Wildman–Crippen LogP) is 1.97. The van der Waals surface area contributed by atoms with Gasteiger partial charge in [-0.05, 0) is 31.7 Å². The first kappa shape index (κ1) is 13.5. The van der Waals surface area contributed by atoms with Crippen molar-refractivity contribution >= 4 is 5.91 Å². The Labute approximate surface area is 129 Å². The topological polar surface area (TPSA) is 56.0 Å². The van der Waals surface area contributed by atoms with Gasteiger partial charge < -0.3 is 4.90 Å². The van der Waals surface area contributed by atoms with Crippen LogP contribution in [0.5, 0.6) is 0 Å². The van der Waals surface area contributed by atoms with E-state index in [1.165, 1.54) is 12.8 Å². The van der Waals surface area contributed by atoms with E-state index in [1.807, 2.05) is 33.6 Å². The van der Waals surface area contributed by atoms with Crippen molar-refractivity contribution in [2.24, 2.45) is 7.05 Å². The molecule has 3 heterocycles. The molecule has 1 aliphatic carbocycles. The lowest BCUT2D eigenvalue weighted by Crippen LogP contribution is -2.41. The van der Waals surface area contributed by atoms with Gasteiger partial charge in [0.2, 0.25) is 0 Å². The lowest BCUT2D eigenvalue weighted by atomic mass is 10.0. The van der Waals surface area contributed by atoms with Crippen LogP contribution in [0.1, 0.15) is 53.7 Å². The Kier molecular flexibility index (Phi) is 3.24. The highest BCUT2D eigenvalue weighted by atomic mass is 16.2. The van der Waals surface area contributed by atoms with E-state index in [0.29, 0.717) is 5.92 Å². The van der Waals surface area contributed by atoms with Gasteiger partial charge in [-0.1, -0.05) is 0 Å². The van der Waals surface area contributed by atoms with E-state index in [2.05, 4.69) is 10.2 Å². The zero-order valence-corrected chi connectivity index (χ0v) is 12.9. The molecule has 1 aliphatic heterocycles. The van der Waals surface area contributed by atoms with E-state index >= 15 is 0 Å². The van der Waals surface area contributed by atoms with Gasteiger partial charge >= 0.3 is 0 Å². The monoisotopic (exact) mass is 299 g/mol. The maximum Gasteiger partial charge on any atom is 0.257 e. The second-order valence-corrected chi connectivity index (χ2v) is 6.37. The summed E-state index contributed by atoms with van der Waals surface area (Å²) in [5.74, 6) is 0.657. The molecule has 0 bridgehead atoms. The number of aromatic nitrogens is 4. The Bertz CT molecular complexity index is 671. The molecule has 0 radical (unpaired) electrons. The lowest BCUT2D eigenvalue weighted by molar-refractivity contribution is 0.0671. The molecular weight excluding hydrogens is 278 g/mol. The van der Waals surface area contributed by atoms with Crippen LogP contribution in [0.3, 0.4) is 0 Å². The number of rotatable bonds is 3. The van der Waals surface area contributed by atoms with Crippen LogP contribution in [0.4, 0.5) is 0 Å². The van der Waals surface area contributed by atoms with Crippen molar-refractivity contribution < 1.29 is 4.79 Å². The van der Waals surface area contributed by atoms with Crippen molar-refractivity contribution in [2.45, 2.75) is 37.6 Å². The molecule has 1 saturated carbocycles. The summed E-state index contributed by atoms with van der Waals surface area (Å²) >= 11 is 0. The molecule has 6 heteroatoms. The summed E-state index contributed by atoms with van der Waals surface area (Å²) in [5, 5.41) is 8.64. The average Bonchev–Trinajstić information content (AvgIpc) is 3.08. The van der Waals surface area contributed by atoms with Crippen LogP contribution in [-0.4, -0.2) is 43.5 Å². The molecule has 2 aliphatic rings. The summed E-state index contributed by atoms with van der Waals surface area (Å²) in [4.78, 5) is 14.9. The van der Waals surface area contributed by atoms with Gasteiger partial charge in [-0.25, -0.2) is 0 Å². The van der Waals surface area contributed by atoms with Crippen LogP contribution in [-0.2, 0) is 7.05 Å². The molecule has 0 spiro atoms. The lowest BCUT2D eigenvalue weighted by Gasteiger charge is -2.33. The van der Waals surface area contributed by atoms with Crippen LogP contribution in [0.25, 0.3) is 0 Å². The van der Waals surface area contributed by atoms with Crippen LogP contribution in [0, 0.1) is 0 Å². The summed E-state index contributed by atoms with van der Waals surface area (Å²) in [6.07, 6.45) is 9.98. The SMILES string of the molecule is Cn1ncc(C(=O)N2CCC[C@@H](n3cccn3)C2)c1C1CC1. The van der Waals surface area contributed by atoms with Gasteiger partial charge in [0.15, 0.2) is 0 Å². The molecule has 116 valence electrons. The predicted molar refractivity (Wildman–Crippen MR) is 81.6 cm³/mol. The zero-order valence-electron chi connectivity index (χ0n) is 12.9. The zero-order chi connectivity index (χ0) is 15.1. The standard InChI is InChI=1S/C16H21N5O/c1-19-15(12-5-6-12)14(10-18-19)16(22)20-8-2-4-13(11-20)21-9-3-7-17-21/h3,7,9-10,12-13H,2,4-6,8,11H2,1H3/t13-/m1/s1. The molecule has 0 unspecified atom stereocenters. The first-order valence-electron chi connectivity index (χ1n) is 8.04. The van der Waals surface area contributed by atoms with Crippen LogP contribution < -0.4 is 0 Å². The highest BCUT2D eigenvalue weighted by Crippen LogP contribution is 2.41. The summed E-state index contributed by atoms with van der Waals surface area (Å²) in [6, 6.07) is 2.22. The molecule has 22 heavy (non-hydrogen) atoms. The summed E-state index contributed by atoms with van der Waals surface area (Å²) in [7, 11) is 1.94. The number of hydrogen-bond acceptors (Lipinski definition) is 3. The second-order valence-electron chi connectivity index (χ2n) is 6.37. The molecule has 1 amide bonds. The number of carbonyl (C=O) groups excluding carboxylic acids is 1. The molecule has 2 aromatic heterocycles. The Hall–Kier alpha value is -2.11. The average molecular weight is 299 g/mol. The smallest absolute Gasteiger partial charge is 0.257 e. The molecule has 2 fully saturated rings. The van der Waals surface area contributed by atoms with E-state index in [-0.39, 0.29) is 11.9 Å². The summed E-state index contributed by atoms with van der Waals surface area (Å²) in [6.45, 7) is 1.56. The second kappa shape index (κ2) is 5.26. The highest BCUT2D eigenvalue weighted by Gasteiger charge is 2.34. The fraction of sp³-hybridized carbons (Fsp3) is 0.562. The molecule has 0 aromatic carbocycles. The van der Waals surface area contributed by atoms with Gasteiger partial charge in [-0.2, -0.15) is 10.2 Å². The van der Waals surface area contributed by atoms with E-state index < -0.39 is 0 Å². The largest absolute Gasteiger partial charge is 0.336 e. The molecule has 1 atom stereocenters. The number of nitrogens with zero attached hydrogens (tertiary/aromatic N) is 5. The van der Waals surface area contributed by atoms with E-state index in [0.717, 1.165) is 37.2 Å². The Balaban J connectivity index is 1.55. The van der Waals surface area contributed by atoms with Crippen molar-refractivity contribution in [3.05, 3.63) is 35.9 Å². The van der Waals surface area contributed by atoms with Gasteiger partial charge in [0, 0.05) is 38.4 Å². The molecular formula is C16H21N5O. The van der Waals surface area contributed by atoms with Crippen molar-refractivity contribution in [3.63, 3.8) is 0 Å². The van der Waals surface area contributed by atoms with Gasteiger partial charge in [0.1, 0.15) is 0 Å². The number of carbonyl (C=O) groups is 1. The Morgan fingerprint density at radius 3 is 2.86 bits per heavy atom. The Morgan fingerprint density at radius 2 is 2.14 bits per heavy atom. The molecule has 1 saturated heterocycles. The number of hydrogen-bond donors (Lipinski definition) is 0. The first-order valence-corrected chi connectivity index (χ1v) is 8.04.